The van der Waals surface area contributed by atoms with Crippen LogP contribution in [0.15, 0.2) is 67.3 Å². The topological polar surface area (TPSA) is 39.5 Å². The van der Waals surface area contributed by atoms with Gasteiger partial charge in [-0.15, -0.1) is 0 Å². The van der Waals surface area contributed by atoms with Crippen LogP contribution in [0, 0.1) is 0 Å². The number of para-hydroxylation sites is 2. The van der Waals surface area contributed by atoms with Crippen LogP contribution in [0.2, 0.25) is 0 Å². The van der Waals surface area contributed by atoms with Crippen LogP contribution in [0.25, 0.3) is 22.7 Å². The van der Waals surface area contributed by atoms with Gasteiger partial charge in [-0.25, -0.2) is 9.25 Å². The number of aryl methyl sites for hydroxylation is 1. The van der Waals surface area contributed by atoms with Crippen LogP contribution >= 0.6 is 0 Å². The summed E-state index contributed by atoms with van der Waals surface area (Å²) >= 11 is 0. The van der Waals surface area contributed by atoms with E-state index < -0.39 is 0 Å². The Hall–Kier alpha value is -2.95. The molecule has 3 aromatic heterocycles. The monoisotopic (exact) mass is 276 g/mol. The Morgan fingerprint density at radius 2 is 1.81 bits per heavy atom. The predicted octanol–water partition coefficient (Wildman–Crippen LogP) is 2.04. The molecule has 5 nitrogen and oxygen atoms in total. The minimum atomic E-state index is 0.804. The van der Waals surface area contributed by atoms with Crippen molar-refractivity contribution in [3.05, 3.63) is 67.3 Å². The van der Waals surface area contributed by atoms with Gasteiger partial charge in [-0.1, -0.05) is 18.2 Å². The van der Waals surface area contributed by atoms with Crippen LogP contribution in [-0.4, -0.2) is 19.3 Å². The van der Waals surface area contributed by atoms with E-state index >= 15 is 0 Å². The minimum absolute atomic E-state index is 0.804. The highest BCUT2D eigenvalue weighted by Crippen LogP contribution is 2.16. The van der Waals surface area contributed by atoms with Crippen LogP contribution < -0.4 is 4.57 Å². The lowest BCUT2D eigenvalue weighted by atomic mass is 10.3. The molecular weight excluding hydrogens is 262 g/mol. The Balaban J connectivity index is 1.91. The van der Waals surface area contributed by atoms with Gasteiger partial charge in [0.15, 0.2) is 16.9 Å². The van der Waals surface area contributed by atoms with E-state index in [-0.39, 0.29) is 0 Å². The molecule has 4 rings (SSSR count). The van der Waals surface area contributed by atoms with Crippen LogP contribution in [0.3, 0.4) is 0 Å². The third-order valence-electron chi connectivity index (χ3n) is 3.52. The molecule has 0 N–H and O–H groups in total. The lowest BCUT2D eigenvalue weighted by molar-refractivity contribution is -0.645. The van der Waals surface area contributed by atoms with Crippen molar-refractivity contribution in [1.82, 2.24) is 19.3 Å². The number of pyridine rings is 1. The van der Waals surface area contributed by atoms with Gasteiger partial charge in [0.1, 0.15) is 0 Å². The van der Waals surface area contributed by atoms with E-state index in [4.69, 9.17) is 4.98 Å². The maximum absolute atomic E-state index is 4.70. The number of hydrogen-bond acceptors (Lipinski definition) is 2. The predicted molar refractivity (Wildman–Crippen MR) is 79.4 cm³/mol. The molecule has 0 aliphatic heterocycles. The molecule has 4 aromatic rings. The van der Waals surface area contributed by atoms with Crippen molar-refractivity contribution in [3.8, 4) is 11.6 Å². The number of hydrogen-bond donors (Lipinski definition) is 0. The number of nitrogens with zero attached hydrogens (tertiary/aromatic N) is 5. The van der Waals surface area contributed by atoms with Gasteiger partial charge in [0.25, 0.3) is 6.33 Å². The molecule has 0 bridgehead atoms. The van der Waals surface area contributed by atoms with Gasteiger partial charge in [-0.3, -0.25) is 0 Å². The average molecular weight is 276 g/mol. The molecule has 0 atom stereocenters. The Kier molecular flexibility index (Phi) is 2.57. The molecule has 0 amide bonds. The Morgan fingerprint density at radius 1 is 0.952 bits per heavy atom. The summed E-state index contributed by atoms with van der Waals surface area (Å²) in [6.07, 6.45) is 5.68. The molecule has 0 spiro atoms. The quantitative estimate of drug-likeness (QED) is 0.526. The zero-order chi connectivity index (χ0) is 14.2. The van der Waals surface area contributed by atoms with Gasteiger partial charge in [-0.2, -0.15) is 14.6 Å². The molecule has 1 aromatic carbocycles. The summed E-state index contributed by atoms with van der Waals surface area (Å²) in [6, 6.07) is 16.1. The fourth-order valence-corrected chi connectivity index (χ4v) is 2.52. The van der Waals surface area contributed by atoms with Crippen LogP contribution in [0.5, 0.6) is 0 Å². The summed E-state index contributed by atoms with van der Waals surface area (Å²) in [6.45, 7) is 0. The lowest BCUT2D eigenvalue weighted by Crippen LogP contribution is -2.25. The normalized spacial score (nSPS) is 11.1. The summed E-state index contributed by atoms with van der Waals surface area (Å²) in [4.78, 5) is 4.70. The van der Waals surface area contributed by atoms with E-state index in [1.54, 1.807) is 10.9 Å². The molecular formula is C16H14N5+. The molecule has 5 heteroatoms. The summed E-state index contributed by atoms with van der Waals surface area (Å²) < 4.78 is 5.94. The number of imidazole rings is 1. The summed E-state index contributed by atoms with van der Waals surface area (Å²) in [5.41, 5.74) is 2.30. The van der Waals surface area contributed by atoms with Crippen molar-refractivity contribution in [2.75, 3.05) is 0 Å². The van der Waals surface area contributed by atoms with Gasteiger partial charge in [0, 0.05) is 18.5 Å². The maximum atomic E-state index is 4.70. The van der Waals surface area contributed by atoms with Crippen molar-refractivity contribution in [2.24, 2.45) is 7.05 Å². The smallest absolute Gasteiger partial charge is 0.232 e. The fourth-order valence-electron chi connectivity index (χ4n) is 2.52. The molecule has 0 saturated heterocycles. The van der Waals surface area contributed by atoms with Crippen molar-refractivity contribution < 1.29 is 4.57 Å². The Morgan fingerprint density at radius 3 is 2.67 bits per heavy atom. The number of rotatable bonds is 2. The van der Waals surface area contributed by atoms with Crippen molar-refractivity contribution >= 4 is 11.0 Å². The number of fused-ring (bicyclic) bond motifs is 1. The SMILES string of the molecule is C[n+]1cn(-c2cccc(-n3cccn3)n2)c2ccccc21. The molecule has 0 radical (unpaired) electrons. The lowest BCUT2D eigenvalue weighted by Gasteiger charge is -2.01. The molecule has 0 saturated carbocycles. The third kappa shape index (κ3) is 1.90. The average Bonchev–Trinajstić information content (AvgIpc) is 3.17. The Labute approximate surface area is 121 Å². The van der Waals surface area contributed by atoms with Crippen LogP contribution in [0.1, 0.15) is 0 Å². The van der Waals surface area contributed by atoms with E-state index in [0.29, 0.717) is 0 Å². The molecule has 0 aliphatic carbocycles. The summed E-state index contributed by atoms with van der Waals surface area (Å²) in [5, 5.41) is 4.23. The third-order valence-corrected chi connectivity index (χ3v) is 3.52. The molecule has 0 aliphatic rings. The van der Waals surface area contributed by atoms with Crippen molar-refractivity contribution in [2.45, 2.75) is 0 Å². The standard InChI is InChI=1S/C16H14N5/c1-19-12-20(14-7-3-2-6-13(14)19)15-8-4-9-16(18-15)21-11-5-10-17-21/h2-12H,1H3/q+1. The second kappa shape index (κ2) is 4.56. The van der Waals surface area contributed by atoms with Gasteiger partial charge in [0.05, 0.1) is 7.05 Å². The largest absolute Gasteiger partial charge is 0.251 e. The molecule has 0 unspecified atom stereocenters. The van der Waals surface area contributed by atoms with E-state index in [1.807, 2.05) is 56.0 Å². The van der Waals surface area contributed by atoms with Gasteiger partial charge in [-0.05, 0) is 24.3 Å². The first-order valence-corrected chi connectivity index (χ1v) is 6.76. The second-order valence-electron chi connectivity index (χ2n) is 4.89. The van der Waals surface area contributed by atoms with Gasteiger partial charge in [0.2, 0.25) is 5.82 Å². The van der Waals surface area contributed by atoms with Gasteiger partial charge < -0.3 is 0 Å². The molecule has 102 valence electrons. The minimum Gasteiger partial charge on any atom is -0.232 e. The maximum Gasteiger partial charge on any atom is 0.251 e. The van der Waals surface area contributed by atoms with Crippen molar-refractivity contribution in [3.63, 3.8) is 0 Å². The molecule has 21 heavy (non-hydrogen) atoms. The first-order chi connectivity index (χ1) is 10.3. The highest BCUT2D eigenvalue weighted by atomic mass is 15.3. The first-order valence-electron chi connectivity index (χ1n) is 6.76. The number of aromatic nitrogens is 5. The van der Waals surface area contributed by atoms with Gasteiger partial charge >= 0.3 is 0 Å². The summed E-state index contributed by atoms with van der Waals surface area (Å²) in [5.74, 6) is 1.68. The fraction of sp³-hybridized carbons (Fsp3) is 0.0625. The Bertz CT molecular complexity index is 905. The summed E-state index contributed by atoms with van der Waals surface area (Å²) in [7, 11) is 2.04. The zero-order valence-corrected chi connectivity index (χ0v) is 11.6. The van der Waals surface area contributed by atoms with Crippen LogP contribution in [-0.2, 0) is 7.05 Å². The molecule has 0 fully saturated rings. The number of benzene rings is 1. The highest BCUT2D eigenvalue weighted by molar-refractivity contribution is 5.73. The van der Waals surface area contributed by atoms with E-state index in [1.165, 1.54) is 5.52 Å². The second-order valence-corrected chi connectivity index (χ2v) is 4.89. The first kappa shape index (κ1) is 11.8. The van der Waals surface area contributed by atoms with Crippen LogP contribution in [0.4, 0.5) is 0 Å². The van der Waals surface area contributed by atoms with Crippen molar-refractivity contribution in [1.29, 1.82) is 0 Å². The zero-order valence-electron chi connectivity index (χ0n) is 11.6. The van der Waals surface area contributed by atoms with E-state index in [2.05, 4.69) is 26.4 Å². The van der Waals surface area contributed by atoms with E-state index in [9.17, 15) is 0 Å². The molecule has 3 heterocycles. The highest BCUT2D eigenvalue weighted by Gasteiger charge is 2.15. The van der Waals surface area contributed by atoms with E-state index in [0.717, 1.165) is 17.2 Å².